The molecule has 12 heavy (non-hydrogen) atoms. The van der Waals surface area contributed by atoms with E-state index in [1.807, 2.05) is 0 Å². The van der Waals surface area contributed by atoms with Gasteiger partial charge in [0, 0.05) is 20.3 Å². The SMILES string of the molecule is COCCCNC(=N)NC(=N)N. The van der Waals surface area contributed by atoms with Crippen molar-refractivity contribution in [3.05, 3.63) is 0 Å². The maximum Gasteiger partial charge on any atom is 0.195 e. The van der Waals surface area contributed by atoms with Crippen LogP contribution in [0.2, 0.25) is 0 Å². The number of guanidine groups is 2. The van der Waals surface area contributed by atoms with Crippen LogP contribution < -0.4 is 16.4 Å². The van der Waals surface area contributed by atoms with Gasteiger partial charge in [-0.1, -0.05) is 0 Å². The predicted molar refractivity (Wildman–Crippen MR) is 47.3 cm³/mol. The molecule has 6 N–H and O–H groups in total. The summed E-state index contributed by atoms with van der Waals surface area (Å²) in [6.07, 6.45) is 0.818. The molecule has 0 saturated heterocycles. The minimum Gasteiger partial charge on any atom is -0.385 e. The van der Waals surface area contributed by atoms with Crippen molar-refractivity contribution < 1.29 is 4.74 Å². The molecular weight excluding hydrogens is 158 g/mol. The van der Waals surface area contributed by atoms with Crippen molar-refractivity contribution in [3.8, 4) is 0 Å². The van der Waals surface area contributed by atoms with E-state index in [-0.39, 0.29) is 11.9 Å². The van der Waals surface area contributed by atoms with E-state index in [0.717, 1.165) is 6.42 Å². The summed E-state index contributed by atoms with van der Waals surface area (Å²) in [6.45, 7) is 1.29. The minimum atomic E-state index is -0.237. The summed E-state index contributed by atoms with van der Waals surface area (Å²) in [6, 6.07) is 0. The molecule has 0 bridgehead atoms. The Hall–Kier alpha value is -1.30. The molecule has 0 aromatic heterocycles. The van der Waals surface area contributed by atoms with Crippen LogP contribution in [0.25, 0.3) is 0 Å². The van der Waals surface area contributed by atoms with E-state index in [2.05, 4.69) is 10.6 Å². The quantitative estimate of drug-likeness (QED) is 0.214. The van der Waals surface area contributed by atoms with Crippen LogP contribution in [0.3, 0.4) is 0 Å². The van der Waals surface area contributed by atoms with Gasteiger partial charge in [0.15, 0.2) is 11.9 Å². The highest BCUT2D eigenvalue weighted by Gasteiger charge is 1.94. The Morgan fingerprint density at radius 1 is 1.50 bits per heavy atom. The van der Waals surface area contributed by atoms with E-state index in [1.165, 1.54) is 0 Å². The molecule has 0 aromatic rings. The first kappa shape index (κ1) is 10.7. The highest BCUT2D eigenvalue weighted by molar-refractivity contribution is 5.94. The lowest BCUT2D eigenvalue weighted by Crippen LogP contribution is -2.43. The van der Waals surface area contributed by atoms with Gasteiger partial charge in [0.1, 0.15) is 0 Å². The van der Waals surface area contributed by atoms with Crippen LogP contribution >= 0.6 is 0 Å². The summed E-state index contributed by atoms with van der Waals surface area (Å²) in [5, 5.41) is 19.0. The Bertz CT molecular complexity index is 158. The van der Waals surface area contributed by atoms with E-state index >= 15 is 0 Å². The summed E-state index contributed by atoms with van der Waals surface area (Å²) < 4.78 is 4.81. The molecule has 0 saturated carbocycles. The average molecular weight is 173 g/mol. The fraction of sp³-hybridized carbons (Fsp3) is 0.667. The molecule has 0 rings (SSSR count). The number of methoxy groups -OCH3 is 1. The van der Waals surface area contributed by atoms with Crippen LogP contribution in [0.4, 0.5) is 0 Å². The maximum atomic E-state index is 7.17. The Morgan fingerprint density at radius 3 is 2.67 bits per heavy atom. The summed E-state index contributed by atoms with van der Waals surface area (Å²) in [7, 11) is 1.62. The summed E-state index contributed by atoms with van der Waals surface area (Å²) >= 11 is 0. The number of ether oxygens (including phenoxy) is 1. The van der Waals surface area contributed by atoms with Gasteiger partial charge >= 0.3 is 0 Å². The molecule has 6 nitrogen and oxygen atoms in total. The Labute approximate surface area is 71.5 Å². The first-order chi connectivity index (χ1) is 5.66. The van der Waals surface area contributed by atoms with Crippen LogP contribution in [0.15, 0.2) is 0 Å². The predicted octanol–water partition coefficient (Wildman–Crippen LogP) is -0.970. The molecule has 0 heterocycles. The maximum absolute atomic E-state index is 7.17. The lowest BCUT2D eigenvalue weighted by Gasteiger charge is -2.07. The number of nitrogens with one attached hydrogen (secondary N) is 4. The lowest BCUT2D eigenvalue weighted by atomic mass is 10.4. The van der Waals surface area contributed by atoms with Gasteiger partial charge in [-0.15, -0.1) is 0 Å². The van der Waals surface area contributed by atoms with Crippen molar-refractivity contribution in [1.29, 1.82) is 10.8 Å². The number of rotatable bonds is 4. The van der Waals surface area contributed by atoms with Crippen LogP contribution in [-0.2, 0) is 4.74 Å². The Balaban J connectivity index is 3.26. The van der Waals surface area contributed by atoms with Gasteiger partial charge in [-0.25, -0.2) is 0 Å². The van der Waals surface area contributed by atoms with Crippen LogP contribution in [0, 0.1) is 10.8 Å². The topological polar surface area (TPSA) is 107 Å². The van der Waals surface area contributed by atoms with Gasteiger partial charge in [-0.3, -0.25) is 16.1 Å². The van der Waals surface area contributed by atoms with E-state index in [1.54, 1.807) is 7.11 Å². The van der Waals surface area contributed by atoms with E-state index < -0.39 is 0 Å². The van der Waals surface area contributed by atoms with Gasteiger partial charge in [0.2, 0.25) is 0 Å². The molecule has 0 aromatic carbocycles. The molecule has 0 radical (unpaired) electrons. The monoisotopic (exact) mass is 173 g/mol. The Kier molecular flexibility index (Phi) is 5.72. The van der Waals surface area contributed by atoms with Crippen molar-refractivity contribution in [2.75, 3.05) is 20.3 Å². The highest BCUT2D eigenvalue weighted by atomic mass is 16.5. The van der Waals surface area contributed by atoms with E-state index in [9.17, 15) is 0 Å². The third-order valence-electron chi connectivity index (χ3n) is 1.09. The molecule has 0 spiro atoms. The second-order valence-corrected chi connectivity index (χ2v) is 2.19. The summed E-state index contributed by atoms with van der Waals surface area (Å²) in [5.41, 5.74) is 4.99. The second-order valence-electron chi connectivity index (χ2n) is 2.19. The van der Waals surface area contributed by atoms with Crippen LogP contribution in [-0.4, -0.2) is 32.2 Å². The molecule has 6 heteroatoms. The van der Waals surface area contributed by atoms with Gasteiger partial charge < -0.3 is 15.8 Å². The molecule has 70 valence electrons. The molecule has 0 aliphatic rings. The zero-order valence-corrected chi connectivity index (χ0v) is 7.11. The average Bonchev–Trinajstić information content (AvgIpc) is 1.97. The zero-order chi connectivity index (χ0) is 9.40. The normalized spacial score (nSPS) is 9.08. The summed E-state index contributed by atoms with van der Waals surface area (Å²) in [5.74, 6) is -0.196. The largest absolute Gasteiger partial charge is 0.385 e. The van der Waals surface area contributed by atoms with Crippen molar-refractivity contribution in [2.45, 2.75) is 6.42 Å². The first-order valence-electron chi connectivity index (χ1n) is 3.59. The number of hydrogen-bond donors (Lipinski definition) is 5. The van der Waals surface area contributed by atoms with E-state index in [0.29, 0.717) is 13.2 Å². The van der Waals surface area contributed by atoms with E-state index in [4.69, 9.17) is 21.3 Å². The van der Waals surface area contributed by atoms with Crippen molar-refractivity contribution in [2.24, 2.45) is 5.73 Å². The lowest BCUT2D eigenvalue weighted by molar-refractivity contribution is 0.195. The molecule has 0 aliphatic heterocycles. The second kappa shape index (κ2) is 6.41. The fourth-order valence-corrected chi connectivity index (χ4v) is 0.609. The molecular formula is C6H15N5O. The number of hydrogen-bond acceptors (Lipinski definition) is 3. The molecule has 0 aliphatic carbocycles. The first-order valence-corrected chi connectivity index (χ1v) is 3.59. The van der Waals surface area contributed by atoms with Crippen LogP contribution in [0.5, 0.6) is 0 Å². The van der Waals surface area contributed by atoms with Gasteiger partial charge in [-0.05, 0) is 6.42 Å². The van der Waals surface area contributed by atoms with Crippen molar-refractivity contribution >= 4 is 11.9 Å². The molecule has 0 unspecified atom stereocenters. The van der Waals surface area contributed by atoms with Crippen LogP contribution in [0.1, 0.15) is 6.42 Å². The number of nitrogens with two attached hydrogens (primary N) is 1. The third kappa shape index (κ3) is 6.81. The molecule has 0 fully saturated rings. The molecule has 0 amide bonds. The highest BCUT2D eigenvalue weighted by Crippen LogP contribution is 1.75. The Morgan fingerprint density at radius 2 is 2.17 bits per heavy atom. The minimum absolute atomic E-state index is 0.0404. The zero-order valence-electron chi connectivity index (χ0n) is 7.11. The standard InChI is InChI=1S/C6H15N5O/c1-12-4-2-3-10-6(9)11-5(7)8/h2-4H2,1H3,(H6,7,8,9,10,11). The summed E-state index contributed by atoms with van der Waals surface area (Å²) in [4.78, 5) is 0. The smallest absolute Gasteiger partial charge is 0.195 e. The van der Waals surface area contributed by atoms with Crippen molar-refractivity contribution in [3.63, 3.8) is 0 Å². The molecule has 0 atom stereocenters. The van der Waals surface area contributed by atoms with Gasteiger partial charge in [0.25, 0.3) is 0 Å². The third-order valence-corrected chi connectivity index (χ3v) is 1.09. The van der Waals surface area contributed by atoms with Gasteiger partial charge in [0.05, 0.1) is 0 Å². The van der Waals surface area contributed by atoms with Crippen molar-refractivity contribution in [1.82, 2.24) is 10.6 Å². The fourth-order valence-electron chi connectivity index (χ4n) is 0.609. The van der Waals surface area contributed by atoms with Gasteiger partial charge in [-0.2, -0.15) is 0 Å².